The van der Waals surface area contributed by atoms with E-state index in [1.807, 2.05) is 36.4 Å². The minimum absolute atomic E-state index is 0.0112. The molecule has 96 valence electrons. The van der Waals surface area contributed by atoms with Crippen molar-refractivity contribution in [2.75, 3.05) is 0 Å². The number of benzene rings is 2. The van der Waals surface area contributed by atoms with Gasteiger partial charge < -0.3 is 0 Å². The molecular weight excluding hydrogens is 254 g/mol. The molecule has 0 bridgehead atoms. The van der Waals surface area contributed by atoms with Gasteiger partial charge in [0.1, 0.15) is 0 Å². The van der Waals surface area contributed by atoms with Gasteiger partial charge in [0, 0.05) is 11.1 Å². The van der Waals surface area contributed by atoms with E-state index < -0.39 is 0 Å². The van der Waals surface area contributed by atoms with E-state index in [1.54, 1.807) is 6.07 Å². The van der Waals surface area contributed by atoms with Gasteiger partial charge in [0.15, 0.2) is 13.1 Å². The maximum atomic E-state index is 12.5. The Morgan fingerprint density at radius 1 is 1.16 bits per heavy atom. The minimum atomic E-state index is -0.0112. The van der Waals surface area contributed by atoms with Gasteiger partial charge in [0.25, 0.3) is 0 Å². The molecule has 0 amide bonds. The second-order valence-corrected chi connectivity index (χ2v) is 4.95. The van der Waals surface area contributed by atoms with Crippen molar-refractivity contribution < 1.29 is 4.79 Å². The van der Waals surface area contributed by atoms with E-state index >= 15 is 0 Å². The molecule has 0 aliphatic carbocycles. The Labute approximate surface area is 119 Å². The Hall–Kier alpha value is -1.54. The molecule has 0 N–H and O–H groups in total. The van der Waals surface area contributed by atoms with Crippen molar-refractivity contribution >= 4 is 30.1 Å². The molecule has 0 saturated carbocycles. The maximum Gasteiger partial charge on any atom is 0.194 e. The van der Waals surface area contributed by atoms with Crippen LogP contribution in [0.5, 0.6) is 0 Å². The largest absolute Gasteiger partial charge is 0.289 e. The molecule has 3 heteroatoms. The van der Waals surface area contributed by atoms with Crippen molar-refractivity contribution in [3.63, 3.8) is 0 Å². The first kappa shape index (κ1) is 13.9. The molecule has 2 aromatic rings. The highest BCUT2D eigenvalue weighted by Gasteiger charge is 2.13. The summed E-state index contributed by atoms with van der Waals surface area (Å²) >= 11 is 6.14. The third kappa shape index (κ3) is 3.08. The molecular formula is C16H16BClO. The summed E-state index contributed by atoms with van der Waals surface area (Å²) in [5.74, 6) is -0.0112. The van der Waals surface area contributed by atoms with Crippen LogP contribution in [0.4, 0.5) is 0 Å². The molecule has 2 rings (SSSR count). The number of hydrogen-bond donors (Lipinski definition) is 0. The molecule has 1 nitrogen and oxygen atoms in total. The first-order valence-corrected chi connectivity index (χ1v) is 6.95. The van der Waals surface area contributed by atoms with Crippen molar-refractivity contribution in [3.05, 3.63) is 64.2 Å². The summed E-state index contributed by atoms with van der Waals surface area (Å²) in [5.41, 5.74) is 3.63. The number of rotatable bonds is 4. The molecule has 19 heavy (non-hydrogen) atoms. The van der Waals surface area contributed by atoms with Gasteiger partial charge in [-0.2, -0.15) is 0 Å². The van der Waals surface area contributed by atoms with Gasteiger partial charge in [-0.05, 0) is 18.1 Å². The summed E-state index contributed by atoms with van der Waals surface area (Å²) in [5, 5.41) is 0.516. The SMILES string of the molecule is CBc1ccc(Cl)c(C(=O)c2ccc(CC)cc2)c1. The van der Waals surface area contributed by atoms with E-state index in [1.165, 1.54) is 5.56 Å². The smallest absolute Gasteiger partial charge is 0.194 e. The lowest BCUT2D eigenvalue weighted by Crippen LogP contribution is -2.14. The van der Waals surface area contributed by atoms with Gasteiger partial charge in [-0.1, -0.05) is 67.2 Å². The van der Waals surface area contributed by atoms with Crippen LogP contribution in [0.1, 0.15) is 28.4 Å². The minimum Gasteiger partial charge on any atom is -0.289 e. The van der Waals surface area contributed by atoms with Crippen LogP contribution in [0, 0.1) is 0 Å². The summed E-state index contributed by atoms with van der Waals surface area (Å²) in [7, 11) is 0.895. The average Bonchev–Trinajstić information content (AvgIpc) is 2.47. The standard InChI is InChI=1S/C16H16BClO/c1-3-11-4-6-12(7-5-11)16(19)14-10-13(17-2)8-9-15(14)18/h4-10,17H,3H2,1-2H3. The van der Waals surface area contributed by atoms with Crippen molar-refractivity contribution in [2.45, 2.75) is 20.2 Å². The Morgan fingerprint density at radius 2 is 1.84 bits per heavy atom. The van der Waals surface area contributed by atoms with Crippen LogP contribution < -0.4 is 5.46 Å². The van der Waals surface area contributed by atoms with Gasteiger partial charge in [0.05, 0.1) is 5.02 Å². The molecule has 0 aliphatic rings. The van der Waals surface area contributed by atoms with Gasteiger partial charge >= 0.3 is 0 Å². The summed E-state index contributed by atoms with van der Waals surface area (Å²) in [6.07, 6.45) is 0.973. The molecule has 0 atom stereocenters. The zero-order valence-electron chi connectivity index (χ0n) is 11.2. The lowest BCUT2D eigenvalue weighted by molar-refractivity contribution is 0.103. The molecule has 2 aromatic carbocycles. The molecule has 0 saturated heterocycles. The quantitative estimate of drug-likeness (QED) is 0.616. The Balaban J connectivity index is 2.37. The van der Waals surface area contributed by atoms with Crippen molar-refractivity contribution in [1.82, 2.24) is 0 Å². The number of hydrogen-bond acceptors (Lipinski definition) is 1. The van der Waals surface area contributed by atoms with Crippen molar-refractivity contribution in [3.8, 4) is 0 Å². The third-order valence-electron chi connectivity index (χ3n) is 3.31. The summed E-state index contributed by atoms with van der Waals surface area (Å²) in [4.78, 5) is 12.5. The van der Waals surface area contributed by atoms with Crippen LogP contribution in [0.15, 0.2) is 42.5 Å². The summed E-state index contributed by atoms with van der Waals surface area (Å²) in [6, 6.07) is 13.4. The predicted molar refractivity (Wildman–Crippen MR) is 83.4 cm³/mol. The summed E-state index contributed by atoms with van der Waals surface area (Å²) in [6.45, 7) is 4.16. The first-order chi connectivity index (χ1) is 9.15. The van der Waals surface area contributed by atoms with E-state index in [-0.39, 0.29) is 5.78 Å². The number of carbonyl (C=O) groups excluding carboxylic acids is 1. The lowest BCUT2D eigenvalue weighted by Gasteiger charge is -2.06. The molecule has 0 fully saturated rings. The van der Waals surface area contributed by atoms with Gasteiger partial charge in [-0.3, -0.25) is 4.79 Å². The molecule has 0 aromatic heterocycles. The second-order valence-electron chi connectivity index (χ2n) is 4.55. The average molecular weight is 271 g/mol. The topological polar surface area (TPSA) is 17.1 Å². The fourth-order valence-electron chi connectivity index (χ4n) is 2.01. The summed E-state index contributed by atoms with van der Waals surface area (Å²) < 4.78 is 0. The van der Waals surface area contributed by atoms with E-state index in [0.717, 1.165) is 19.2 Å². The molecule has 0 aliphatic heterocycles. The molecule has 0 unspecified atom stereocenters. The van der Waals surface area contributed by atoms with Crippen LogP contribution in [0.3, 0.4) is 0 Å². The molecule has 0 heterocycles. The Kier molecular flexibility index (Phi) is 4.44. The Bertz CT molecular complexity index is 590. The van der Waals surface area contributed by atoms with E-state index in [9.17, 15) is 4.79 Å². The molecule has 0 spiro atoms. The zero-order valence-corrected chi connectivity index (χ0v) is 12.0. The van der Waals surface area contributed by atoms with Crippen LogP contribution in [0.25, 0.3) is 0 Å². The monoisotopic (exact) mass is 270 g/mol. The normalized spacial score (nSPS) is 10.3. The van der Waals surface area contributed by atoms with Gasteiger partial charge in [-0.25, -0.2) is 0 Å². The van der Waals surface area contributed by atoms with Gasteiger partial charge in [0.2, 0.25) is 0 Å². The highest BCUT2D eigenvalue weighted by molar-refractivity contribution is 6.52. The van der Waals surface area contributed by atoms with Crippen LogP contribution in [0.2, 0.25) is 11.8 Å². The van der Waals surface area contributed by atoms with E-state index in [2.05, 4.69) is 13.7 Å². The zero-order chi connectivity index (χ0) is 13.8. The number of aryl methyl sites for hydroxylation is 1. The van der Waals surface area contributed by atoms with Gasteiger partial charge in [-0.15, -0.1) is 0 Å². The van der Waals surface area contributed by atoms with Crippen LogP contribution in [-0.4, -0.2) is 13.1 Å². The highest BCUT2D eigenvalue weighted by atomic mass is 35.5. The van der Waals surface area contributed by atoms with E-state index in [4.69, 9.17) is 11.6 Å². The maximum absolute atomic E-state index is 12.5. The Morgan fingerprint density at radius 3 is 2.42 bits per heavy atom. The highest BCUT2D eigenvalue weighted by Crippen LogP contribution is 2.18. The number of halogens is 1. The van der Waals surface area contributed by atoms with Crippen LogP contribution >= 0.6 is 11.6 Å². The first-order valence-electron chi connectivity index (χ1n) is 6.57. The van der Waals surface area contributed by atoms with E-state index in [0.29, 0.717) is 16.1 Å². The third-order valence-corrected chi connectivity index (χ3v) is 3.64. The fraction of sp³-hybridized carbons (Fsp3) is 0.188. The predicted octanol–water partition coefficient (Wildman–Crippen LogP) is 3.24. The number of ketones is 1. The van der Waals surface area contributed by atoms with Crippen molar-refractivity contribution in [2.24, 2.45) is 0 Å². The fourth-order valence-corrected chi connectivity index (χ4v) is 2.22. The van der Waals surface area contributed by atoms with Crippen molar-refractivity contribution in [1.29, 1.82) is 0 Å². The number of carbonyl (C=O) groups is 1. The lowest BCUT2D eigenvalue weighted by atomic mass is 9.73. The van der Waals surface area contributed by atoms with Crippen LogP contribution in [-0.2, 0) is 6.42 Å². The molecule has 0 radical (unpaired) electrons. The second kappa shape index (κ2) is 6.07.